The van der Waals surface area contributed by atoms with E-state index in [4.69, 9.17) is 0 Å². The van der Waals surface area contributed by atoms with E-state index < -0.39 is 0 Å². The minimum Gasteiger partial charge on any atom is -0.298 e. The van der Waals surface area contributed by atoms with E-state index in [-0.39, 0.29) is 0 Å². The summed E-state index contributed by atoms with van der Waals surface area (Å²) < 4.78 is 1.24. The van der Waals surface area contributed by atoms with Crippen LogP contribution in [0.15, 0.2) is 89.4 Å². The first kappa shape index (κ1) is 24.7. The Balaban J connectivity index is 1.22. The molecule has 1 unspecified atom stereocenters. The third kappa shape index (κ3) is 6.64. The molecule has 2 fully saturated rings. The first-order valence-electron chi connectivity index (χ1n) is 13.5. The zero-order valence-electron chi connectivity index (χ0n) is 20.9. The predicted octanol–water partition coefficient (Wildman–Crippen LogP) is 7.37. The van der Waals surface area contributed by atoms with Crippen molar-refractivity contribution in [2.24, 2.45) is 5.41 Å². The lowest BCUT2D eigenvalue weighted by Gasteiger charge is -2.40. The molecule has 3 heteroatoms. The molecule has 3 aromatic rings. The molecular weight excluding hydrogens is 492 g/mol. The number of rotatable bonds is 7. The summed E-state index contributed by atoms with van der Waals surface area (Å²) in [4.78, 5) is 5.44. The fourth-order valence-corrected chi connectivity index (χ4v) is 6.86. The molecule has 0 amide bonds. The fraction of sp³-hybridized carbons (Fsp3) is 0.438. The summed E-state index contributed by atoms with van der Waals surface area (Å²) in [6.07, 6.45) is 9.12. The molecule has 0 aromatic heterocycles. The van der Waals surface area contributed by atoms with Crippen LogP contribution in [-0.2, 0) is 19.4 Å². The van der Waals surface area contributed by atoms with Gasteiger partial charge in [-0.3, -0.25) is 9.80 Å². The number of hydrogen-bond acceptors (Lipinski definition) is 2. The van der Waals surface area contributed by atoms with Gasteiger partial charge in [-0.2, -0.15) is 0 Å². The van der Waals surface area contributed by atoms with Gasteiger partial charge >= 0.3 is 0 Å². The van der Waals surface area contributed by atoms with E-state index in [0.717, 1.165) is 12.6 Å². The van der Waals surface area contributed by atoms with Crippen molar-refractivity contribution in [2.45, 2.75) is 57.5 Å². The van der Waals surface area contributed by atoms with Crippen LogP contribution in [0.1, 0.15) is 48.8 Å². The van der Waals surface area contributed by atoms with Gasteiger partial charge in [0.1, 0.15) is 0 Å². The molecule has 184 valence electrons. The summed E-state index contributed by atoms with van der Waals surface area (Å²) in [5.41, 5.74) is 4.78. The van der Waals surface area contributed by atoms with Crippen LogP contribution in [0, 0.1) is 5.41 Å². The molecule has 1 saturated heterocycles. The summed E-state index contributed by atoms with van der Waals surface area (Å²) in [6.45, 7) is 5.82. The molecule has 5 rings (SSSR count). The molecule has 1 aliphatic heterocycles. The van der Waals surface area contributed by atoms with Gasteiger partial charge in [0, 0.05) is 43.2 Å². The Morgan fingerprint density at radius 1 is 0.686 bits per heavy atom. The summed E-state index contributed by atoms with van der Waals surface area (Å²) in [5, 5.41) is 0. The van der Waals surface area contributed by atoms with Crippen LogP contribution in [0.25, 0.3) is 0 Å². The second-order valence-corrected chi connectivity index (χ2v) is 11.7. The topological polar surface area (TPSA) is 6.48 Å². The van der Waals surface area contributed by atoms with E-state index >= 15 is 0 Å². The second-order valence-electron chi connectivity index (χ2n) is 10.8. The lowest BCUT2D eigenvalue weighted by molar-refractivity contribution is 0.0830. The molecule has 3 aromatic carbocycles. The maximum absolute atomic E-state index is 3.73. The van der Waals surface area contributed by atoms with Gasteiger partial charge in [-0.25, -0.2) is 0 Å². The molecule has 0 bridgehead atoms. The number of benzene rings is 3. The van der Waals surface area contributed by atoms with E-state index in [1.807, 2.05) is 0 Å². The molecule has 0 radical (unpaired) electrons. The normalized spacial score (nSPS) is 21.5. The van der Waals surface area contributed by atoms with E-state index in [1.165, 1.54) is 92.3 Å². The number of halogens is 1. The summed E-state index contributed by atoms with van der Waals surface area (Å²) >= 11 is 3.73. The lowest BCUT2D eigenvalue weighted by atomic mass is 9.71. The highest BCUT2D eigenvalue weighted by Gasteiger charge is 2.35. The first-order chi connectivity index (χ1) is 17.2. The predicted molar refractivity (Wildman–Crippen MR) is 151 cm³/mol. The number of hydrogen-bond donors (Lipinski definition) is 0. The molecule has 2 nitrogen and oxygen atoms in total. The van der Waals surface area contributed by atoms with Gasteiger partial charge in [-0.15, -0.1) is 0 Å². The zero-order valence-corrected chi connectivity index (χ0v) is 22.5. The number of piperazine rings is 1. The van der Waals surface area contributed by atoms with Crippen molar-refractivity contribution in [3.8, 4) is 0 Å². The minimum absolute atomic E-state index is 0.374. The van der Waals surface area contributed by atoms with Crippen LogP contribution in [0.4, 0.5) is 0 Å². The van der Waals surface area contributed by atoms with Crippen molar-refractivity contribution in [1.82, 2.24) is 9.80 Å². The van der Waals surface area contributed by atoms with E-state index in [1.54, 1.807) is 0 Å². The summed E-state index contributed by atoms with van der Waals surface area (Å²) in [7, 11) is 0. The quantitative estimate of drug-likeness (QED) is 0.294. The molecule has 1 saturated carbocycles. The van der Waals surface area contributed by atoms with Gasteiger partial charge in [0.2, 0.25) is 0 Å². The average Bonchev–Trinajstić information content (AvgIpc) is 3.10. The van der Waals surface area contributed by atoms with Crippen LogP contribution in [0.2, 0.25) is 0 Å². The molecule has 35 heavy (non-hydrogen) atoms. The van der Waals surface area contributed by atoms with Gasteiger partial charge < -0.3 is 0 Å². The fourth-order valence-electron chi connectivity index (χ4n) is 6.45. The van der Waals surface area contributed by atoms with Crippen molar-refractivity contribution < 1.29 is 0 Å². The maximum Gasteiger partial charge on any atom is 0.0246 e. The molecule has 0 N–H and O–H groups in total. The van der Waals surface area contributed by atoms with Gasteiger partial charge in [0.15, 0.2) is 0 Å². The second kappa shape index (κ2) is 11.9. The molecule has 1 heterocycles. The average molecular weight is 532 g/mol. The van der Waals surface area contributed by atoms with Crippen LogP contribution in [0.3, 0.4) is 0 Å². The number of nitrogens with zero attached hydrogens (tertiary/aromatic N) is 2. The van der Waals surface area contributed by atoms with Crippen molar-refractivity contribution in [2.75, 3.05) is 26.2 Å². The van der Waals surface area contributed by atoms with Gasteiger partial charge in [-0.05, 0) is 66.7 Å². The highest BCUT2D eigenvalue weighted by atomic mass is 79.9. The summed E-state index contributed by atoms with van der Waals surface area (Å²) in [5.74, 6) is 0. The highest BCUT2D eigenvalue weighted by Crippen LogP contribution is 2.42. The molecule has 1 atom stereocenters. The molecule has 2 aliphatic rings. The molecule has 0 spiro atoms. The van der Waals surface area contributed by atoms with Crippen molar-refractivity contribution in [3.05, 3.63) is 106 Å². The smallest absolute Gasteiger partial charge is 0.0246 e. The van der Waals surface area contributed by atoms with Crippen LogP contribution in [-0.4, -0.2) is 42.0 Å². The van der Waals surface area contributed by atoms with Crippen LogP contribution < -0.4 is 0 Å². The van der Waals surface area contributed by atoms with E-state index in [9.17, 15) is 0 Å². The Labute approximate surface area is 220 Å². The van der Waals surface area contributed by atoms with E-state index in [2.05, 4.69) is 111 Å². The van der Waals surface area contributed by atoms with Crippen molar-refractivity contribution in [3.63, 3.8) is 0 Å². The Kier molecular flexibility index (Phi) is 8.39. The first-order valence-corrected chi connectivity index (χ1v) is 14.3. The Hall–Kier alpha value is -1.94. The third-order valence-corrected chi connectivity index (χ3v) is 9.14. The molecular formula is C32H39BrN2. The van der Waals surface area contributed by atoms with Crippen molar-refractivity contribution >= 4 is 15.9 Å². The lowest BCUT2D eigenvalue weighted by Crippen LogP contribution is -2.49. The SMILES string of the molecule is Brc1ccccc1CN1CCN(C2CCCC(Cc3ccccc3)(Cc3ccccc3)CC2)CC1. The van der Waals surface area contributed by atoms with Crippen LogP contribution >= 0.6 is 15.9 Å². The standard InChI is InChI=1S/C32H39BrN2/c33-31-16-8-7-14-29(31)26-34-20-22-35(23-21-34)30-15-9-18-32(19-17-30,24-27-10-3-1-4-11-27)25-28-12-5-2-6-13-28/h1-8,10-14,16,30H,9,15,17-26H2. The third-order valence-electron chi connectivity index (χ3n) is 8.37. The Morgan fingerprint density at radius 2 is 1.29 bits per heavy atom. The van der Waals surface area contributed by atoms with Gasteiger partial charge in [0.25, 0.3) is 0 Å². The van der Waals surface area contributed by atoms with Crippen molar-refractivity contribution in [1.29, 1.82) is 0 Å². The zero-order chi connectivity index (χ0) is 23.9. The monoisotopic (exact) mass is 530 g/mol. The minimum atomic E-state index is 0.374. The Morgan fingerprint density at radius 3 is 1.91 bits per heavy atom. The van der Waals surface area contributed by atoms with Gasteiger partial charge in [-0.1, -0.05) is 101 Å². The maximum atomic E-state index is 3.73. The highest BCUT2D eigenvalue weighted by molar-refractivity contribution is 9.10. The van der Waals surface area contributed by atoms with E-state index in [0.29, 0.717) is 5.41 Å². The summed E-state index contributed by atoms with van der Waals surface area (Å²) in [6, 6.07) is 31.9. The largest absolute Gasteiger partial charge is 0.298 e. The van der Waals surface area contributed by atoms with Gasteiger partial charge in [0.05, 0.1) is 0 Å². The molecule has 1 aliphatic carbocycles. The van der Waals surface area contributed by atoms with Crippen LogP contribution in [0.5, 0.6) is 0 Å². The Bertz CT molecular complexity index is 1000.